The zero-order valence-corrected chi connectivity index (χ0v) is 29.0. The van der Waals surface area contributed by atoms with Crippen LogP contribution in [0.3, 0.4) is 0 Å². The minimum absolute atomic E-state index is 0.481. The monoisotopic (exact) mass is 634 g/mol. The summed E-state index contributed by atoms with van der Waals surface area (Å²) in [5.41, 5.74) is 10.9. The molecule has 0 atom stereocenters. The average molecular weight is 635 g/mol. The zero-order valence-electron chi connectivity index (χ0n) is 29.0. The van der Waals surface area contributed by atoms with Crippen molar-refractivity contribution in [3.63, 3.8) is 0 Å². The molecule has 0 bridgehead atoms. The van der Waals surface area contributed by atoms with Crippen LogP contribution in [0.4, 0.5) is 34.1 Å². The predicted octanol–water partition coefficient (Wildman–Crippen LogP) is 14.1. The van der Waals surface area contributed by atoms with Gasteiger partial charge in [0.2, 0.25) is 0 Å². The molecule has 0 N–H and O–H groups in total. The second-order valence-corrected chi connectivity index (χ2v) is 13.9. The molecule has 2 heteroatoms. The van der Waals surface area contributed by atoms with Gasteiger partial charge in [0, 0.05) is 33.5 Å². The van der Waals surface area contributed by atoms with Crippen LogP contribution >= 0.6 is 0 Å². The molecule has 0 aromatic heterocycles. The smallest absolute Gasteiger partial charge is 0.0540 e. The second kappa shape index (κ2) is 12.5. The van der Waals surface area contributed by atoms with E-state index in [9.17, 15) is 0 Å². The lowest BCUT2D eigenvalue weighted by Gasteiger charge is -2.29. The molecule has 0 heterocycles. The first-order valence-corrected chi connectivity index (χ1v) is 17.5. The molecule has 0 amide bonds. The maximum absolute atomic E-state index is 2.42. The lowest BCUT2D eigenvalue weighted by Crippen LogP contribution is -2.11. The molecule has 2 nitrogen and oxygen atoms in total. The van der Waals surface area contributed by atoms with Crippen LogP contribution in [0.25, 0.3) is 32.3 Å². The Labute approximate surface area is 290 Å². The summed E-state index contributed by atoms with van der Waals surface area (Å²) in [5, 5.41) is 7.59. The number of hydrogen-bond acceptors (Lipinski definition) is 2. The number of anilines is 6. The summed E-state index contributed by atoms with van der Waals surface area (Å²) in [6.45, 7) is 11.2. The summed E-state index contributed by atoms with van der Waals surface area (Å²) in [4.78, 5) is 4.83. The molecule has 240 valence electrons. The minimum atomic E-state index is 0.481. The van der Waals surface area contributed by atoms with Gasteiger partial charge in [0.1, 0.15) is 0 Å². The first-order chi connectivity index (χ1) is 23.9. The van der Waals surface area contributed by atoms with E-state index < -0.39 is 0 Å². The quantitative estimate of drug-likeness (QED) is 0.153. The van der Waals surface area contributed by atoms with Crippen molar-refractivity contribution < 1.29 is 0 Å². The summed E-state index contributed by atoms with van der Waals surface area (Å²) < 4.78 is 0. The molecular weight excluding hydrogens is 593 g/mol. The van der Waals surface area contributed by atoms with Crippen LogP contribution in [0, 0.1) is 6.92 Å². The van der Waals surface area contributed by atoms with E-state index in [-0.39, 0.29) is 0 Å². The van der Waals surface area contributed by atoms with E-state index in [0.29, 0.717) is 11.8 Å². The Morgan fingerprint density at radius 3 is 1.14 bits per heavy atom. The molecule has 8 aromatic rings. The fourth-order valence-corrected chi connectivity index (χ4v) is 7.30. The second-order valence-electron chi connectivity index (χ2n) is 13.9. The van der Waals surface area contributed by atoms with Crippen LogP contribution in [0.15, 0.2) is 152 Å². The highest BCUT2D eigenvalue weighted by molar-refractivity contribution is 6.28. The molecule has 0 aliphatic rings. The molecule has 0 saturated carbocycles. The van der Waals surface area contributed by atoms with Gasteiger partial charge < -0.3 is 9.80 Å². The van der Waals surface area contributed by atoms with Gasteiger partial charge in [-0.2, -0.15) is 0 Å². The van der Waals surface area contributed by atoms with Crippen molar-refractivity contribution in [1.29, 1.82) is 0 Å². The highest BCUT2D eigenvalue weighted by Gasteiger charge is 2.22. The molecule has 0 unspecified atom stereocenters. The van der Waals surface area contributed by atoms with Crippen molar-refractivity contribution >= 4 is 66.4 Å². The molecule has 0 radical (unpaired) electrons. The topological polar surface area (TPSA) is 6.48 Å². The summed E-state index contributed by atoms with van der Waals surface area (Å²) in [6.07, 6.45) is 0. The molecule has 0 aliphatic heterocycles. The van der Waals surface area contributed by atoms with Crippen molar-refractivity contribution in [2.75, 3.05) is 9.80 Å². The third-order valence-electron chi connectivity index (χ3n) is 10.0. The first kappa shape index (κ1) is 30.7. The fraction of sp³-hybridized carbons (Fsp3) is 0.149. The van der Waals surface area contributed by atoms with Gasteiger partial charge in [-0.1, -0.05) is 124 Å². The molecule has 49 heavy (non-hydrogen) atoms. The molecule has 0 saturated heterocycles. The molecule has 0 fully saturated rings. The molecule has 0 aliphatic carbocycles. The Morgan fingerprint density at radius 2 is 0.735 bits per heavy atom. The van der Waals surface area contributed by atoms with E-state index in [2.05, 4.69) is 196 Å². The van der Waals surface area contributed by atoms with E-state index >= 15 is 0 Å². The number of para-hydroxylation sites is 1. The van der Waals surface area contributed by atoms with Crippen LogP contribution in [-0.4, -0.2) is 0 Å². The number of benzene rings is 8. The summed E-state index contributed by atoms with van der Waals surface area (Å²) in [6, 6.07) is 56.2. The Hall–Kier alpha value is -5.60. The van der Waals surface area contributed by atoms with Crippen LogP contribution in [0.5, 0.6) is 0 Å². The highest BCUT2D eigenvalue weighted by atomic mass is 15.1. The van der Waals surface area contributed by atoms with Gasteiger partial charge >= 0.3 is 0 Å². The van der Waals surface area contributed by atoms with Crippen molar-refractivity contribution in [3.05, 3.63) is 168 Å². The first-order valence-electron chi connectivity index (χ1n) is 17.5. The SMILES string of the molecule is Cc1ccc(N(c2ccc(C(C)C)cc2)c2ccc3ccc4c(N(c5ccccc5)c5ccc(C(C)C)cc5)ccc5ccc2c3c54)cc1. The average Bonchev–Trinajstić information content (AvgIpc) is 3.13. The molecular formula is C47H42N2. The largest absolute Gasteiger partial charge is 0.310 e. The number of rotatable bonds is 8. The fourth-order valence-electron chi connectivity index (χ4n) is 7.30. The Morgan fingerprint density at radius 1 is 0.367 bits per heavy atom. The van der Waals surface area contributed by atoms with Crippen molar-refractivity contribution in [2.45, 2.75) is 46.5 Å². The van der Waals surface area contributed by atoms with Gasteiger partial charge in [-0.05, 0) is 112 Å². The number of aryl methyl sites for hydroxylation is 1. The van der Waals surface area contributed by atoms with Gasteiger partial charge in [-0.15, -0.1) is 0 Å². The van der Waals surface area contributed by atoms with E-state index in [1.54, 1.807) is 0 Å². The lowest BCUT2D eigenvalue weighted by molar-refractivity contribution is 0.866. The van der Waals surface area contributed by atoms with E-state index in [0.717, 1.165) is 22.7 Å². The van der Waals surface area contributed by atoms with Gasteiger partial charge in [0.15, 0.2) is 0 Å². The lowest BCUT2D eigenvalue weighted by atomic mass is 9.91. The molecule has 8 aromatic carbocycles. The zero-order chi connectivity index (χ0) is 33.6. The maximum atomic E-state index is 2.42. The third-order valence-corrected chi connectivity index (χ3v) is 10.0. The predicted molar refractivity (Wildman–Crippen MR) is 212 cm³/mol. The minimum Gasteiger partial charge on any atom is -0.310 e. The Bertz CT molecular complexity index is 2370. The van der Waals surface area contributed by atoms with Gasteiger partial charge in [0.25, 0.3) is 0 Å². The van der Waals surface area contributed by atoms with E-state index in [1.165, 1.54) is 60.4 Å². The van der Waals surface area contributed by atoms with Gasteiger partial charge in [0.05, 0.1) is 11.4 Å². The highest BCUT2D eigenvalue weighted by Crippen LogP contribution is 2.47. The van der Waals surface area contributed by atoms with Crippen molar-refractivity contribution in [1.82, 2.24) is 0 Å². The number of nitrogens with zero attached hydrogens (tertiary/aromatic N) is 2. The number of hydrogen-bond donors (Lipinski definition) is 0. The maximum Gasteiger partial charge on any atom is 0.0540 e. The Balaban J connectivity index is 1.37. The third kappa shape index (κ3) is 5.48. The molecule has 0 spiro atoms. The van der Waals surface area contributed by atoms with E-state index in [1.807, 2.05) is 0 Å². The Kier molecular flexibility index (Phi) is 7.80. The van der Waals surface area contributed by atoms with E-state index in [4.69, 9.17) is 0 Å². The summed E-state index contributed by atoms with van der Waals surface area (Å²) in [5.74, 6) is 0.963. The van der Waals surface area contributed by atoms with Crippen LogP contribution in [0.1, 0.15) is 56.2 Å². The van der Waals surface area contributed by atoms with Crippen molar-refractivity contribution in [2.24, 2.45) is 0 Å². The summed E-state index contributed by atoms with van der Waals surface area (Å²) in [7, 11) is 0. The molecule has 8 rings (SSSR count). The van der Waals surface area contributed by atoms with Crippen LogP contribution < -0.4 is 9.80 Å². The van der Waals surface area contributed by atoms with Crippen LogP contribution in [-0.2, 0) is 0 Å². The van der Waals surface area contributed by atoms with Gasteiger partial charge in [-0.3, -0.25) is 0 Å². The summed E-state index contributed by atoms with van der Waals surface area (Å²) >= 11 is 0. The van der Waals surface area contributed by atoms with Gasteiger partial charge in [-0.25, -0.2) is 0 Å². The normalized spacial score (nSPS) is 11.7. The van der Waals surface area contributed by atoms with Crippen molar-refractivity contribution in [3.8, 4) is 0 Å². The van der Waals surface area contributed by atoms with Crippen LogP contribution in [0.2, 0.25) is 0 Å². The standard InChI is InChI=1S/C47H42N2/c1-31(2)34-13-23-40(24-14-34)48(38-9-7-6-8-10-38)44-29-19-36-18-28-43-45(30-20-37-17-27-42(44)46(36)47(37)43)49(39-21-11-33(5)12-22-39)41-25-15-35(16-26-41)32(3)4/h6-32H,1-5H3.